The molecule has 0 fully saturated rings. The molecule has 0 bridgehead atoms. The minimum atomic E-state index is -0.384. The summed E-state index contributed by atoms with van der Waals surface area (Å²) < 4.78 is 27.3. The predicted molar refractivity (Wildman–Crippen MR) is 75.4 cm³/mol. The Labute approximate surface area is 115 Å². The highest BCUT2D eigenvalue weighted by Gasteiger charge is 2.02. The standard InChI is InChI=1S/C13H18F2IN/c14-12-5-6-13(15)11(9-12)10-17-8-4-2-1-3-7-16/h5-6,9,17H,1-4,7-8,10H2. The Hall–Kier alpha value is -0.230. The second-order valence-corrected chi connectivity index (χ2v) is 5.09. The van der Waals surface area contributed by atoms with E-state index in [0.29, 0.717) is 12.1 Å². The van der Waals surface area contributed by atoms with Gasteiger partial charge in [-0.3, -0.25) is 0 Å². The summed E-state index contributed by atoms with van der Waals surface area (Å²) in [4.78, 5) is 0. The van der Waals surface area contributed by atoms with E-state index in [-0.39, 0.29) is 11.6 Å². The molecule has 0 aliphatic carbocycles. The Morgan fingerprint density at radius 3 is 2.59 bits per heavy atom. The van der Waals surface area contributed by atoms with Gasteiger partial charge in [0.2, 0.25) is 0 Å². The summed E-state index contributed by atoms with van der Waals surface area (Å²) in [7, 11) is 0. The highest BCUT2D eigenvalue weighted by molar-refractivity contribution is 14.1. The van der Waals surface area contributed by atoms with Gasteiger partial charge in [0.25, 0.3) is 0 Å². The van der Waals surface area contributed by atoms with Crippen molar-refractivity contribution in [3.8, 4) is 0 Å². The number of alkyl halides is 1. The quantitative estimate of drug-likeness (QED) is 0.422. The topological polar surface area (TPSA) is 12.0 Å². The molecule has 1 nitrogen and oxygen atoms in total. The monoisotopic (exact) mass is 353 g/mol. The average molecular weight is 353 g/mol. The van der Waals surface area contributed by atoms with Crippen molar-refractivity contribution in [2.24, 2.45) is 0 Å². The lowest BCUT2D eigenvalue weighted by Crippen LogP contribution is -2.15. The van der Waals surface area contributed by atoms with Crippen molar-refractivity contribution in [2.45, 2.75) is 32.2 Å². The van der Waals surface area contributed by atoms with Gasteiger partial charge in [0.15, 0.2) is 0 Å². The normalized spacial score (nSPS) is 10.8. The molecule has 0 aliphatic heterocycles. The van der Waals surface area contributed by atoms with E-state index < -0.39 is 0 Å². The minimum Gasteiger partial charge on any atom is -0.313 e. The number of halogens is 3. The van der Waals surface area contributed by atoms with Crippen LogP contribution < -0.4 is 5.32 Å². The molecule has 0 aromatic heterocycles. The molecule has 1 N–H and O–H groups in total. The van der Waals surface area contributed by atoms with Gasteiger partial charge >= 0.3 is 0 Å². The molecule has 0 atom stereocenters. The van der Waals surface area contributed by atoms with Crippen LogP contribution in [0, 0.1) is 11.6 Å². The van der Waals surface area contributed by atoms with Crippen LogP contribution in [0.4, 0.5) is 8.78 Å². The van der Waals surface area contributed by atoms with Crippen LogP contribution in [0.1, 0.15) is 31.2 Å². The van der Waals surface area contributed by atoms with Crippen LogP contribution in [0.2, 0.25) is 0 Å². The summed E-state index contributed by atoms with van der Waals surface area (Å²) in [5.41, 5.74) is 0.400. The van der Waals surface area contributed by atoms with Crippen molar-refractivity contribution in [1.82, 2.24) is 5.32 Å². The number of nitrogens with one attached hydrogen (secondary N) is 1. The highest BCUT2D eigenvalue weighted by Crippen LogP contribution is 2.09. The van der Waals surface area contributed by atoms with Crippen molar-refractivity contribution in [3.05, 3.63) is 35.4 Å². The lowest BCUT2D eigenvalue weighted by Gasteiger charge is -2.06. The van der Waals surface area contributed by atoms with Crippen LogP contribution in [0.25, 0.3) is 0 Å². The van der Waals surface area contributed by atoms with Gasteiger partial charge in [-0.2, -0.15) is 0 Å². The van der Waals surface area contributed by atoms with Crippen LogP contribution in [0.15, 0.2) is 18.2 Å². The molecule has 17 heavy (non-hydrogen) atoms. The van der Waals surface area contributed by atoms with Crippen LogP contribution in [-0.4, -0.2) is 11.0 Å². The van der Waals surface area contributed by atoms with Gasteiger partial charge in [-0.15, -0.1) is 0 Å². The summed E-state index contributed by atoms with van der Waals surface area (Å²) in [6.07, 6.45) is 4.80. The Balaban J connectivity index is 2.15. The van der Waals surface area contributed by atoms with Gasteiger partial charge in [0.05, 0.1) is 0 Å². The molecule has 0 spiro atoms. The van der Waals surface area contributed by atoms with Gasteiger partial charge in [-0.1, -0.05) is 35.4 Å². The summed E-state index contributed by atoms with van der Waals surface area (Å²) in [5, 5.41) is 3.14. The fraction of sp³-hybridized carbons (Fsp3) is 0.538. The van der Waals surface area contributed by atoms with E-state index in [1.165, 1.54) is 35.8 Å². The third-order valence-electron chi connectivity index (χ3n) is 2.56. The molecule has 0 heterocycles. The zero-order chi connectivity index (χ0) is 12.5. The number of rotatable bonds is 8. The van der Waals surface area contributed by atoms with Gasteiger partial charge in [0.1, 0.15) is 11.6 Å². The van der Waals surface area contributed by atoms with E-state index in [4.69, 9.17) is 0 Å². The SMILES string of the molecule is Fc1ccc(F)c(CNCCCCCCI)c1. The Kier molecular flexibility index (Phi) is 7.68. The molecule has 1 aromatic carbocycles. The molecule has 0 radical (unpaired) electrons. The lowest BCUT2D eigenvalue weighted by atomic mass is 10.2. The first-order chi connectivity index (χ1) is 8.24. The Bertz CT molecular complexity index is 331. The molecule has 0 amide bonds. The average Bonchev–Trinajstić information content (AvgIpc) is 2.32. The second-order valence-electron chi connectivity index (χ2n) is 4.02. The minimum absolute atomic E-state index is 0.344. The van der Waals surface area contributed by atoms with E-state index in [1.807, 2.05) is 0 Å². The third-order valence-corrected chi connectivity index (χ3v) is 3.32. The van der Waals surface area contributed by atoms with Gasteiger partial charge < -0.3 is 5.32 Å². The fourth-order valence-corrected chi connectivity index (χ4v) is 2.14. The maximum absolute atomic E-state index is 13.2. The first-order valence-corrected chi connectivity index (χ1v) is 7.47. The maximum Gasteiger partial charge on any atom is 0.127 e. The van der Waals surface area contributed by atoms with E-state index >= 15 is 0 Å². The summed E-state index contributed by atoms with van der Waals surface area (Å²) in [5.74, 6) is -0.728. The number of hydrogen-bond acceptors (Lipinski definition) is 1. The Morgan fingerprint density at radius 1 is 1.06 bits per heavy atom. The van der Waals surface area contributed by atoms with Crippen LogP contribution in [0.5, 0.6) is 0 Å². The van der Waals surface area contributed by atoms with Crippen LogP contribution >= 0.6 is 22.6 Å². The molecule has 0 saturated carbocycles. The largest absolute Gasteiger partial charge is 0.313 e. The van der Waals surface area contributed by atoms with E-state index in [0.717, 1.165) is 19.0 Å². The molecule has 0 unspecified atom stereocenters. The van der Waals surface area contributed by atoms with Gasteiger partial charge in [0, 0.05) is 12.1 Å². The van der Waals surface area contributed by atoms with Crippen molar-refractivity contribution in [3.63, 3.8) is 0 Å². The molecule has 96 valence electrons. The summed E-state index contributed by atoms with van der Waals surface area (Å²) in [6.45, 7) is 1.26. The van der Waals surface area contributed by atoms with Gasteiger partial charge in [-0.05, 0) is 42.0 Å². The first-order valence-electron chi connectivity index (χ1n) is 5.94. The molecule has 0 aliphatic rings. The van der Waals surface area contributed by atoms with Gasteiger partial charge in [-0.25, -0.2) is 8.78 Å². The predicted octanol–water partition coefficient (Wildman–Crippen LogP) is 4.05. The smallest absolute Gasteiger partial charge is 0.127 e. The molecule has 4 heteroatoms. The van der Waals surface area contributed by atoms with Crippen molar-refractivity contribution in [2.75, 3.05) is 11.0 Å². The number of hydrogen-bond donors (Lipinski definition) is 1. The summed E-state index contributed by atoms with van der Waals surface area (Å²) >= 11 is 2.38. The maximum atomic E-state index is 13.2. The second kappa shape index (κ2) is 8.80. The van der Waals surface area contributed by atoms with Crippen LogP contribution in [-0.2, 0) is 6.54 Å². The Morgan fingerprint density at radius 2 is 1.82 bits per heavy atom. The zero-order valence-corrected chi connectivity index (χ0v) is 12.0. The van der Waals surface area contributed by atoms with Crippen molar-refractivity contribution in [1.29, 1.82) is 0 Å². The molecule has 1 rings (SSSR count). The molecule has 0 saturated heterocycles. The third kappa shape index (κ3) is 6.31. The lowest BCUT2D eigenvalue weighted by molar-refractivity contribution is 0.556. The van der Waals surface area contributed by atoms with E-state index in [9.17, 15) is 8.78 Å². The molecular weight excluding hydrogens is 335 g/mol. The highest BCUT2D eigenvalue weighted by atomic mass is 127. The van der Waals surface area contributed by atoms with E-state index in [2.05, 4.69) is 27.9 Å². The van der Waals surface area contributed by atoms with Crippen molar-refractivity contribution < 1.29 is 8.78 Å². The number of unbranched alkanes of at least 4 members (excludes halogenated alkanes) is 3. The molecule has 1 aromatic rings. The van der Waals surface area contributed by atoms with E-state index in [1.54, 1.807) is 0 Å². The molecular formula is C13H18F2IN. The number of benzene rings is 1. The fourth-order valence-electron chi connectivity index (χ4n) is 1.60. The summed E-state index contributed by atoms with van der Waals surface area (Å²) in [6, 6.07) is 3.56. The van der Waals surface area contributed by atoms with Crippen molar-refractivity contribution >= 4 is 22.6 Å². The first kappa shape index (κ1) is 14.8. The zero-order valence-electron chi connectivity index (χ0n) is 9.82. The van der Waals surface area contributed by atoms with Crippen LogP contribution in [0.3, 0.4) is 0 Å².